The smallest absolute Gasteiger partial charge is 0.258 e. The van der Waals surface area contributed by atoms with Gasteiger partial charge in [-0.1, -0.05) is 72.8 Å². The van der Waals surface area contributed by atoms with E-state index >= 15 is 0 Å². The number of fused-ring (bicyclic) bond motifs is 1. The molecule has 5 nitrogen and oxygen atoms in total. The molecule has 172 valence electrons. The van der Waals surface area contributed by atoms with Gasteiger partial charge >= 0.3 is 0 Å². The Kier molecular flexibility index (Phi) is 6.82. The molecule has 1 aromatic heterocycles. The molecular formula is C29H30N4O. The largest absolute Gasteiger partial charge is 0.379 e. The standard InChI is InChI=1S/C29H30N4O/c34-29-25-13-7-14-26(30-21-22-9-3-1-4-10-22)28(25)31-27(32-29)15-8-18-33-19-16-24(17-20-33)23-11-5-2-6-12-23/h1-7,9-14,16,30H,8,15,17-21H2,(H,31,32,34). The summed E-state index contributed by atoms with van der Waals surface area (Å²) in [6, 6.07) is 26.6. The Labute approximate surface area is 200 Å². The van der Waals surface area contributed by atoms with Gasteiger partial charge in [0.05, 0.1) is 11.1 Å². The number of benzene rings is 3. The first-order chi connectivity index (χ1) is 16.8. The molecule has 1 aliphatic rings. The molecule has 3 aromatic carbocycles. The zero-order chi connectivity index (χ0) is 23.2. The minimum absolute atomic E-state index is 0.0724. The highest BCUT2D eigenvalue weighted by Crippen LogP contribution is 2.23. The SMILES string of the molecule is O=c1[nH]c(CCCN2CC=C(c3ccccc3)CC2)nc2c(NCc3ccccc3)cccc12. The van der Waals surface area contributed by atoms with Gasteiger partial charge in [0.15, 0.2) is 0 Å². The Morgan fingerprint density at radius 1 is 0.941 bits per heavy atom. The predicted molar refractivity (Wildman–Crippen MR) is 140 cm³/mol. The van der Waals surface area contributed by atoms with Gasteiger partial charge in [-0.05, 0) is 48.2 Å². The molecule has 0 radical (unpaired) electrons. The molecule has 5 heteroatoms. The summed E-state index contributed by atoms with van der Waals surface area (Å²) in [4.78, 5) is 23.0. The third kappa shape index (κ3) is 5.26. The maximum Gasteiger partial charge on any atom is 0.258 e. The lowest BCUT2D eigenvalue weighted by Gasteiger charge is -2.26. The van der Waals surface area contributed by atoms with E-state index in [1.165, 1.54) is 16.7 Å². The number of anilines is 1. The lowest BCUT2D eigenvalue weighted by Crippen LogP contribution is -2.30. The molecule has 34 heavy (non-hydrogen) atoms. The fourth-order valence-corrected chi connectivity index (χ4v) is 4.56. The first-order valence-corrected chi connectivity index (χ1v) is 12.0. The van der Waals surface area contributed by atoms with E-state index in [1.807, 2.05) is 36.4 Å². The average molecular weight is 451 g/mol. The van der Waals surface area contributed by atoms with Crippen LogP contribution in [0.2, 0.25) is 0 Å². The van der Waals surface area contributed by atoms with Gasteiger partial charge in [-0.15, -0.1) is 0 Å². The van der Waals surface area contributed by atoms with E-state index in [1.54, 1.807) is 0 Å². The lowest BCUT2D eigenvalue weighted by atomic mass is 9.99. The predicted octanol–water partition coefficient (Wildman–Crippen LogP) is 5.26. The van der Waals surface area contributed by atoms with Crippen LogP contribution in [0.25, 0.3) is 16.5 Å². The number of nitrogens with one attached hydrogen (secondary N) is 2. The van der Waals surface area contributed by atoms with Crippen molar-refractivity contribution in [1.82, 2.24) is 14.9 Å². The van der Waals surface area contributed by atoms with Gasteiger partial charge in [0.1, 0.15) is 11.3 Å². The van der Waals surface area contributed by atoms with Crippen molar-refractivity contribution in [1.29, 1.82) is 0 Å². The third-order valence-corrected chi connectivity index (χ3v) is 6.44. The van der Waals surface area contributed by atoms with Gasteiger partial charge in [-0.25, -0.2) is 4.98 Å². The Hall–Kier alpha value is -3.70. The van der Waals surface area contributed by atoms with Crippen LogP contribution in [0.4, 0.5) is 5.69 Å². The van der Waals surface area contributed by atoms with Gasteiger partial charge < -0.3 is 10.3 Å². The zero-order valence-electron chi connectivity index (χ0n) is 19.3. The van der Waals surface area contributed by atoms with Crippen LogP contribution in [0.1, 0.15) is 29.8 Å². The second-order valence-corrected chi connectivity index (χ2v) is 8.80. The van der Waals surface area contributed by atoms with E-state index in [0.29, 0.717) is 11.9 Å². The molecule has 4 aromatic rings. The summed E-state index contributed by atoms with van der Waals surface area (Å²) in [6.07, 6.45) is 5.14. The topological polar surface area (TPSA) is 61.0 Å². The first-order valence-electron chi connectivity index (χ1n) is 12.0. The van der Waals surface area contributed by atoms with E-state index in [2.05, 4.69) is 63.7 Å². The van der Waals surface area contributed by atoms with Crippen LogP contribution in [-0.4, -0.2) is 34.5 Å². The van der Waals surface area contributed by atoms with Crippen LogP contribution >= 0.6 is 0 Å². The molecule has 2 heterocycles. The number of nitrogens with zero attached hydrogens (tertiary/aromatic N) is 2. The summed E-state index contributed by atoms with van der Waals surface area (Å²) < 4.78 is 0. The molecule has 0 amide bonds. The molecule has 0 aliphatic carbocycles. The number of aromatic amines is 1. The highest BCUT2D eigenvalue weighted by atomic mass is 16.1. The summed E-state index contributed by atoms with van der Waals surface area (Å²) in [5.74, 6) is 0.754. The van der Waals surface area contributed by atoms with Gasteiger partial charge in [-0.3, -0.25) is 9.69 Å². The van der Waals surface area contributed by atoms with Crippen molar-refractivity contribution in [2.75, 3.05) is 25.0 Å². The molecule has 2 N–H and O–H groups in total. The van der Waals surface area contributed by atoms with E-state index in [-0.39, 0.29) is 5.56 Å². The fraction of sp³-hybridized carbons (Fsp3) is 0.241. The lowest BCUT2D eigenvalue weighted by molar-refractivity contribution is 0.297. The summed E-state index contributed by atoms with van der Waals surface area (Å²) in [6.45, 7) is 3.72. The number of H-pyrrole nitrogens is 1. The molecule has 0 atom stereocenters. The van der Waals surface area contributed by atoms with Crippen molar-refractivity contribution in [2.24, 2.45) is 0 Å². The highest BCUT2D eigenvalue weighted by Gasteiger charge is 2.13. The molecule has 0 unspecified atom stereocenters. The molecule has 5 rings (SSSR count). The summed E-state index contributed by atoms with van der Waals surface area (Å²) >= 11 is 0. The van der Waals surface area contributed by atoms with E-state index < -0.39 is 0 Å². The van der Waals surface area contributed by atoms with Crippen molar-refractivity contribution in [3.8, 4) is 0 Å². The van der Waals surface area contributed by atoms with Crippen molar-refractivity contribution in [3.63, 3.8) is 0 Å². The quantitative estimate of drug-likeness (QED) is 0.385. The molecule has 0 fully saturated rings. The Balaban J connectivity index is 1.22. The summed E-state index contributed by atoms with van der Waals surface area (Å²) in [5, 5.41) is 4.08. The van der Waals surface area contributed by atoms with Gasteiger partial charge in [0, 0.05) is 26.1 Å². The number of aromatic nitrogens is 2. The van der Waals surface area contributed by atoms with Crippen molar-refractivity contribution < 1.29 is 0 Å². The highest BCUT2D eigenvalue weighted by molar-refractivity contribution is 5.89. The van der Waals surface area contributed by atoms with Gasteiger partial charge in [0.2, 0.25) is 0 Å². The number of rotatable bonds is 8. The van der Waals surface area contributed by atoms with E-state index in [9.17, 15) is 4.79 Å². The Morgan fingerprint density at radius 3 is 2.50 bits per heavy atom. The Morgan fingerprint density at radius 2 is 1.74 bits per heavy atom. The third-order valence-electron chi connectivity index (χ3n) is 6.44. The van der Waals surface area contributed by atoms with E-state index in [0.717, 1.165) is 55.9 Å². The molecule has 0 saturated carbocycles. The Bertz CT molecular complexity index is 1330. The zero-order valence-corrected chi connectivity index (χ0v) is 19.3. The maximum absolute atomic E-state index is 12.7. The molecule has 0 bridgehead atoms. The molecule has 1 aliphatic heterocycles. The average Bonchev–Trinajstić information content (AvgIpc) is 2.89. The van der Waals surface area contributed by atoms with Crippen LogP contribution in [0, 0.1) is 0 Å². The van der Waals surface area contributed by atoms with E-state index in [4.69, 9.17) is 4.98 Å². The molecular weight excluding hydrogens is 420 g/mol. The van der Waals surface area contributed by atoms with Crippen LogP contribution in [-0.2, 0) is 13.0 Å². The minimum Gasteiger partial charge on any atom is -0.379 e. The second-order valence-electron chi connectivity index (χ2n) is 8.80. The van der Waals surface area contributed by atoms with Gasteiger partial charge in [-0.2, -0.15) is 0 Å². The monoisotopic (exact) mass is 450 g/mol. The number of hydrogen-bond donors (Lipinski definition) is 2. The molecule has 0 saturated heterocycles. The second kappa shape index (κ2) is 10.5. The number of hydrogen-bond acceptors (Lipinski definition) is 4. The summed E-state index contributed by atoms with van der Waals surface area (Å²) in [7, 11) is 0. The number of aryl methyl sites for hydroxylation is 1. The normalized spacial score (nSPS) is 14.2. The number of para-hydroxylation sites is 1. The van der Waals surface area contributed by atoms with Gasteiger partial charge in [0.25, 0.3) is 5.56 Å². The van der Waals surface area contributed by atoms with Crippen molar-refractivity contribution in [3.05, 3.63) is 112 Å². The fourth-order valence-electron chi connectivity index (χ4n) is 4.56. The maximum atomic E-state index is 12.7. The van der Waals surface area contributed by atoms with Crippen LogP contribution < -0.4 is 10.9 Å². The van der Waals surface area contributed by atoms with Crippen LogP contribution in [0.5, 0.6) is 0 Å². The van der Waals surface area contributed by atoms with Crippen LogP contribution in [0.3, 0.4) is 0 Å². The summed E-state index contributed by atoms with van der Waals surface area (Å²) in [5.41, 5.74) is 5.52. The van der Waals surface area contributed by atoms with Crippen molar-refractivity contribution in [2.45, 2.75) is 25.8 Å². The van der Waals surface area contributed by atoms with Crippen molar-refractivity contribution >= 4 is 22.2 Å². The minimum atomic E-state index is -0.0724. The first kappa shape index (κ1) is 22.1. The van der Waals surface area contributed by atoms with Crippen LogP contribution in [0.15, 0.2) is 89.7 Å². The molecule has 0 spiro atoms.